The number of unbranched alkanes of at least 4 members (excludes halogenated alkanes) is 5. The minimum Gasteiger partial charge on any atom is -0.464 e. The van der Waals surface area contributed by atoms with Crippen molar-refractivity contribution in [1.29, 1.82) is 0 Å². The molecule has 0 spiro atoms. The van der Waals surface area contributed by atoms with Crippen LogP contribution in [-0.2, 0) is 19.1 Å². The summed E-state index contributed by atoms with van der Waals surface area (Å²) in [5, 5.41) is 0. The average molecular weight is 453 g/mol. The van der Waals surface area contributed by atoms with Crippen molar-refractivity contribution in [3.8, 4) is 12.3 Å². The van der Waals surface area contributed by atoms with E-state index in [4.69, 9.17) is 15.9 Å². The number of hydrogen-bond donors (Lipinski definition) is 0. The van der Waals surface area contributed by atoms with Crippen molar-refractivity contribution >= 4 is 18.0 Å². The number of terminal acetylenes is 1. The van der Waals surface area contributed by atoms with Crippen molar-refractivity contribution in [3.63, 3.8) is 0 Å². The molecule has 0 aromatic rings. The Morgan fingerprint density at radius 2 is 1.38 bits per heavy atom. The summed E-state index contributed by atoms with van der Waals surface area (Å²) in [6.45, 7) is 10.1. The lowest BCUT2D eigenvalue weighted by molar-refractivity contribution is -0.158. The van der Waals surface area contributed by atoms with Crippen molar-refractivity contribution in [2.24, 2.45) is 11.8 Å². The van der Waals surface area contributed by atoms with Crippen LogP contribution in [0.1, 0.15) is 79.6 Å². The molecule has 32 heavy (non-hydrogen) atoms. The van der Waals surface area contributed by atoms with Crippen molar-refractivity contribution in [3.05, 3.63) is 0 Å². The third-order valence-electron chi connectivity index (χ3n) is 5.44. The van der Waals surface area contributed by atoms with E-state index in [2.05, 4.69) is 12.8 Å². The summed E-state index contributed by atoms with van der Waals surface area (Å²) in [6, 6.07) is -1.50. The van der Waals surface area contributed by atoms with Gasteiger partial charge in [0.05, 0.1) is 6.61 Å². The van der Waals surface area contributed by atoms with E-state index in [1.165, 1.54) is 36.1 Å². The average Bonchev–Trinajstić information content (AvgIpc) is 2.72. The molecule has 0 fully saturated rings. The molecule has 0 radical (unpaired) electrons. The zero-order valence-electron chi connectivity index (χ0n) is 21.2. The fourth-order valence-electron chi connectivity index (χ4n) is 3.67. The molecule has 0 aromatic heterocycles. The lowest BCUT2D eigenvalue weighted by atomic mass is 9.98. The molecule has 7 nitrogen and oxygen atoms in total. The molecule has 2 unspecified atom stereocenters. The maximum Gasteiger partial charge on any atom is 0.410 e. The highest BCUT2D eigenvalue weighted by Gasteiger charge is 2.38. The zero-order valence-corrected chi connectivity index (χ0v) is 21.2. The van der Waals surface area contributed by atoms with Crippen molar-refractivity contribution in [2.45, 2.75) is 91.6 Å². The summed E-state index contributed by atoms with van der Waals surface area (Å²) in [5.74, 6) is 1.35. The van der Waals surface area contributed by atoms with Gasteiger partial charge in [-0.25, -0.2) is 9.59 Å². The number of carbonyl (C=O) groups is 3. The Kier molecular flexibility index (Phi) is 15.3. The van der Waals surface area contributed by atoms with Gasteiger partial charge in [-0.1, -0.05) is 66.7 Å². The fraction of sp³-hybridized carbons (Fsp3) is 0.800. The van der Waals surface area contributed by atoms with Gasteiger partial charge in [-0.2, -0.15) is 0 Å². The molecule has 0 saturated carbocycles. The van der Waals surface area contributed by atoms with Gasteiger partial charge < -0.3 is 14.4 Å². The SMILES string of the molecule is C#CCCOC(=O)N(C)C(C(=O)N(C)C(C(=O)OCCCCCCCC)C(C)C)C(C)C. The number of nitrogens with zero attached hydrogens (tertiary/aromatic N) is 2. The Morgan fingerprint density at radius 3 is 1.91 bits per heavy atom. The first-order valence-corrected chi connectivity index (χ1v) is 11.9. The highest BCUT2D eigenvalue weighted by atomic mass is 16.6. The van der Waals surface area contributed by atoms with E-state index >= 15 is 0 Å². The zero-order chi connectivity index (χ0) is 24.7. The summed E-state index contributed by atoms with van der Waals surface area (Å²) in [4.78, 5) is 41.2. The van der Waals surface area contributed by atoms with Crippen molar-refractivity contribution in [2.75, 3.05) is 27.3 Å². The summed E-state index contributed by atoms with van der Waals surface area (Å²) >= 11 is 0. The molecule has 0 aliphatic heterocycles. The van der Waals surface area contributed by atoms with Crippen LogP contribution in [-0.4, -0.2) is 67.2 Å². The highest BCUT2D eigenvalue weighted by molar-refractivity contribution is 5.89. The van der Waals surface area contributed by atoms with Crippen LogP contribution in [0.3, 0.4) is 0 Å². The van der Waals surface area contributed by atoms with Gasteiger partial charge in [-0.15, -0.1) is 12.3 Å². The Labute approximate surface area is 195 Å². The number of amides is 2. The molecule has 7 heteroatoms. The largest absolute Gasteiger partial charge is 0.464 e. The number of likely N-dealkylation sites (N-methyl/N-ethyl adjacent to an activating group) is 2. The normalized spacial score (nSPS) is 12.8. The lowest BCUT2D eigenvalue weighted by Crippen LogP contribution is -2.56. The molecule has 0 heterocycles. The molecule has 0 aliphatic carbocycles. The molecular weight excluding hydrogens is 408 g/mol. The quantitative estimate of drug-likeness (QED) is 0.208. The standard InChI is InChI=1S/C25H44N2O5/c1-9-11-13-14-15-16-18-31-24(29)22(20(5)6)26(7)23(28)21(19(3)4)27(8)25(30)32-17-12-10-2/h2,19-22H,9,11-18H2,1,3-8H3. The number of esters is 1. The third kappa shape index (κ3) is 10.4. The second-order valence-corrected chi connectivity index (χ2v) is 8.94. The summed E-state index contributed by atoms with van der Waals surface area (Å²) < 4.78 is 10.6. The van der Waals surface area contributed by atoms with Crippen molar-refractivity contribution in [1.82, 2.24) is 9.80 Å². The van der Waals surface area contributed by atoms with E-state index in [1.54, 1.807) is 7.05 Å². The molecular formula is C25H44N2O5. The Balaban J connectivity index is 5.08. The van der Waals surface area contributed by atoms with E-state index in [1.807, 2.05) is 27.7 Å². The van der Waals surface area contributed by atoms with Gasteiger partial charge in [0.15, 0.2) is 0 Å². The minimum atomic E-state index is -0.772. The van der Waals surface area contributed by atoms with Crippen LogP contribution in [0, 0.1) is 24.2 Å². The first kappa shape index (κ1) is 29.8. The Morgan fingerprint density at radius 1 is 0.812 bits per heavy atom. The number of rotatable bonds is 15. The summed E-state index contributed by atoms with van der Waals surface area (Å²) in [5.41, 5.74) is 0. The molecule has 0 saturated heterocycles. The van der Waals surface area contributed by atoms with E-state index < -0.39 is 24.1 Å². The molecule has 0 aliphatic rings. The minimum absolute atomic E-state index is 0.0912. The molecule has 184 valence electrons. The first-order valence-electron chi connectivity index (χ1n) is 11.9. The van der Waals surface area contributed by atoms with Crippen LogP contribution < -0.4 is 0 Å². The smallest absolute Gasteiger partial charge is 0.410 e. The summed E-state index contributed by atoms with van der Waals surface area (Å²) in [7, 11) is 3.11. The van der Waals surface area contributed by atoms with E-state index in [9.17, 15) is 14.4 Å². The van der Waals surface area contributed by atoms with Gasteiger partial charge in [0.25, 0.3) is 0 Å². The molecule has 2 amide bonds. The van der Waals surface area contributed by atoms with Crippen LogP contribution in [0.2, 0.25) is 0 Å². The Hall–Kier alpha value is -2.23. The van der Waals surface area contributed by atoms with Gasteiger partial charge in [0.2, 0.25) is 5.91 Å². The third-order valence-corrected chi connectivity index (χ3v) is 5.44. The maximum atomic E-state index is 13.3. The molecule has 0 aromatic carbocycles. The van der Waals surface area contributed by atoms with Gasteiger partial charge >= 0.3 is 12.1 Å². The molecule has 0 N–H and O–H groups in total. The van der Waals surface area contributed by atoms with Crippen LogP contribution >= 0.6 is 0 Å². The lowest BCUT2D eigenvalue weighted by Gasteiger charge is -2.36. The summed E-state index contributed by atoms with van der Waals surface area (Å²) in [6.07, 6.45) is 11.5. The number of hydrogen-bond acceptors (Lipinski definition) is 5. The predicted octanol–water partition coefficient (Wildman–Crippen LogP) is 4.49. The second kappa shape index (κ2) is 16.4. The monoisotopic (exact) mass is 452 g/mol. The van der Waals surface area contributed by atoms with Gasteiger partial charge in [0, 0.05) is 20.5 Å². The van der Waals surface area contributed by atoms with E-state index in [-0.39, 0.29) is 24.3 Å². The number of ether oxygens (including phenoxy) is 2. The van der Waals surface area contributed by atoms with Crippen LogP contribution in [0.4, 0.5) is 4.79 Å². The molecule has 0 bridgehead atoms. The van der Waals surface area contributed by atoms with E-state index in [0.717, 1.165) is 19.3 Å². The van der Waals surface area contributed by atoms with Crippen molar-refractivity contribution < 1.29 is 23.9 Å². The Bertz CT molecular complexity index is 612. The van der Waals surface area contributed by atoms with Crippen LogP contribution in [0.25, 0.3) is 0 Å². The second-order valence-electron chi connectivity index (χ2n) is 8.94. The van der Waals surface area contributed by atoms with E-state index in [0.29, 0.717) is 13.0 Å². The fourth-order valence-corrected chi connectivity index (χ4v) is 3.67. The first-order chi connectivity index (χ1) is 15.1. The van der Waals surface area contributed by atoms with Crippen LogP contribution in [0.5, 0.6) is 0 Å². The molecule has 2 atom stereocenters. The predicted molar refractivity (Wildman–Crippen MR) is 127 cm³/mol. The van der Waals surface area contributed by atoms with Gasteiger partial charge in [-0.3, -0.25) is 9.69 Å². The van der Waals surface area contributed by atoms with Gasteiger partial charge in [-0.05, 0) is 18.3 Å². The highest BCUT2D eigenvalue weighted by Crippen LogP contribution is 2.19. The van der Waals surface area contributed by atoms with Crippen LogP contribution in [0.15, 0.2) is 0 Å². The molecule has 0 rings (SSSR count). The van der Waals surface area contributed by atoms with Gasteiger partial charge in [0.1, 0.15) is 18.7 Å². The number of carbonyl (C=O) groups excluding carboxylic acids is 3. The maximum absolute atomic E-state index is 13.3. The topological polar surface area (TPSA) is 76.2 Å².